The Morgan fingerprint density at radius 1 is 1.21 bits per heavy atom. The molecule has 2 aliphatic heterocycles. The predicted molar refractivity (Wildman–Crippen MR) is 124 cm³/mol. The molecule has 4 N–H and O–H groups in total. The molecule has 13 heteroatoms. The van der Waals surface area contributed by atoms with Crippen LogP contribution in [0.2, 0.25) is 0 Å². The molecule has 2 saturated heterocycles. The van der Waals surface area contributed by atoms with E-state index in [1.54, 1.807) is 4.57 Å². The number of aromatic nitrogens is 4. The lowest BCUT2D eigenvalue weighted by molar-refractivity contribution is -0.0628. The maximum Gasteiger partial charge on any atom is 0.488 e. The number of hydrogen-bond donors (Lipinski definition) is 3. The number of aliphatic hydroxyl groups is 1. The summed E-state index contributed by atoms with van der Waals surface area (Å²) in [6.45, 7) is 0.00203. The molecule has 4 aliphatic rings. The molecule has 7 atom stereocenters. The Balaban J connectivity index is 1.38. The smallest absolute Gasteiger partial charge is 0.385 e. The van der Waals surface area contributed by atoms with Crippen LogP contribution < -0.4 is 5.73 Å². The second-order valence-electron chi connectivity index (χ2n) is 8.14. The number of imidazole rings is 1. The van der Waals surface area contributed by atoms with Gasteiger partial charge in [-0.2, -0.15) is 9.05 Å². The first-order valence-electron chi connectivity index (χ1n) is 10.4. The van der Waals surface area contributed by atoms with Gasteiger partial charge >= 0.3 is 15.4 Å². The monoisotopic (exact) mass is 484 g/mol. The number of nitrogens with two attached hydrogens (primary N) is 1. The molecule has 3 unspecified atom stereocenters. The van der Waals surface area contributed by atoms with E-state index < -0.39 is 32.4 Å². The number of nitrogens with zero attached hydrogens (tertiary/aromatic N) is 4. The number of fused-ring (bicyclic) bond motifs is 3. The molecule has 2 aliphatic carbocycles. The second kappa shape index (κ2) is 8.02. The SMILES string of the molecule is [B][P+]1(O)OC[C@H]2O[C@@H](n3c(SC4=C[C@H]5C=CC=CC5C=C4)nc4c(N)ncnc43)C(O)[C@@H]2O1. The van der Waals surface area contributed by atoms with E-state index >= 15 is 0 Å². The highest BCUT2D eigenvalue weighted by atomic mass is 32.2. The van der Waals surface area contributed by atoms with Crippen molar-refractivity contribution in [1.29, 1.82) is 0 Å². The summed E-state index contributed by atoms with van der Waals surface area (Å²) in [7, 11) is 2.14. The number of thioether (sulfide) groups is 1. The van der Waals surface area contributed by atoms with Crippen LogP contribution in [0.15, 0.2) is 58.9 Å². The van der Waals surface area contributed by atoms with Crippen LogP contribution in [0.4, 0.5) is 5.82 Å². The fraction of sp³-hybridized carbons (Fsp3) is 0.350. The van der Waals surface area contributed by atoms with Crippen molar-refractivity contribution in [2.75, 3.05) is 12.3 Å². The van der Waals surface area contributed by atoms with Gasteiger partial charge in [-0.25, -0.2) is 19.8 Å². The van der Waals surface area contributed by atoms with E-state index in [-0.39, 0.29) is 18.3 Å². The van der Waals surface area contributed by atoms with Gasteiger partial charge in [0.05, 0.1) is 0 Å². The number of nitrogen functional groups attached to an aromatic ring is 1. The molecule has 33 heavy (non-hydrogen) atoms. The topological polar surface area (TPSA) is 138 Å². The summed E-state index contributed by atoms with van der Waals surface area (Å²) in [5.41, 5.74) is 6.90. The maximum atomic E-state index is 11.1. The van der Waals surface area contributed by atoms with E-state index in [9.17, 15) is 10.00 Å². The maximum absolute atomic E-state index is 11.1. The first-order chi connectivity index (χ1) is 15.9. The number of anilines is 1. The summed E-state index contributed by atoms with van der Waals surface area (Å²) >= 11 is 1.42. The molecule has 2 aromatic heterocycles. The zero-order valence-corrected chi connectivity index (χ0v) is 18.9. The Kier molecular flexibility index (Phi) is 5.22. The quantitative estimate of drug-likeness (QED) is 0.437. The summed E-state index contributed by atoms with van der Waals surface area (Å²) in [6, 6.07) is 0. The van der Waals surface area contributed by atoms with Crippen LogP contribution in [-0.4, -0.2) is 62.0 Å². The molecular formula is C20H20BN5O5PS+. The zero-order valence-electron chi connectivity index (χ0n) is 17.2. The zero-order chi connectivity index (χ0) is 22.7. The van der Waals surface area contributed by atoms with Gasteiger partial charge in [-0.3, -0.25) is 4.57 Å². The van der Waals surface area contributed by atoms with Crippen LogP contribution in [0.5, 0.6) is 0 Å². The van der Waals surface area contributed by atoms with Gasteiger partial charge in [0.1, 0.15) is 25.1 Å². The number of rotatable bonds is 3. The van der Waals surface area contributed by atoms with Crippen LogP contribution in [0.1, 0.15) is 6.23 Å². The van der Waals surface area contributed by atoms with Crippen molar-refractivity contribution < 1.29 is 23.8 Å². The summed E-state index contributed by atoms with van der Waals surface area (Å²) < 4.78 is 18.4. The Bertz CT molecular complexity index is 1230. The number of ether oxygens (including phenoxy) is 1. The Labute approximate surface area is 195 Å². The average Bonchev–Trinajstić information content (AvgIpc) is 3.31. The molecule has 168 valence electrons. The highest BCUT2D eigenvalue weighted by Crippen LogP contribution is 2.58. The third kappa shape index (κ3) is 3.76. The number of hydrogen-bond acceptors (Lipinski definition) is 10. The minimum atomic E-state index is -3.50. The lowest BCUT2D eigenvalue weighted by Gasteiger charge is -2.27. The summed E-state index contributed by atoms with van der Waals surface area (Å²) in [5, 5.41) is 11.6. The Hall–Kier alpha value is -2.05. The number of allylic oxidation sites excluding steroid dienone is 7. The highest BCUT2D eigenvalue weighted by Gasteiger charge is 2.57. The van der Waals surface area contributed by atoms with Gasteiger partial charge in [0.15, 0.2) is 34.5 Å². The van der Waals surface area contributed by atoms with Crippen LogP contribution in [0.25, 0.3) is 11.2 Å². The second-order valence-corrected chi connectivity index (χ2v) is 10.8. The largest absolute Gasteiger partial charge is 0.488 e. The van der Waals surface area contributed by atoms with Crippen LogP contribution in [0.3, 0.4) is 0 Å². The highest BCUT2D eigenvalue weighted by molar-refractivity contribution is 8.03. The molecule has 0 saturated carbocycles. The van der Waals surface area contributed by atoms with E-state index in [1.807, 2.05) is 12.2 Å². The lowest BCUT2D eigenvalue weighted by Crippen LogP contribution is -2.40. The fourth-order valence-corrected chi connectivity index (χ4v) is 6.45. The van der Waals surface area contributed by atoms with Crippen molar-refractivity contribution in [1.82, 2.24) is 19.5 Å². The third-order valence-electron chi connectivity index (χ3n) is 6.00. The molecule has 6 rings (SSSR count). The van der Waals surface area contributed by atoms with E-state index in [2.05, 4.69) is 45.3 Å². The summed E-state index contributed by atoms with van der Waals surface area (Å²) in [6.07, 6.45) is 12.6. The summed E-state index contributed by atoms with van der Waals surface area (Å²) in [5.74, 6) is 0.817. The molecule has 0 amide bonds. The van der Waals surface area contributed by atoms with Crippen LogP contribution in [-0.2, 0) is 13.8 Å². The van der Waals surface area contributed by atoms with Gasteiger partial charge in [-0.15, -0.1) is 0 Å². The molecule has 2 aromatic rings. The summed E-state index contributed by atoms with van der Waals surface area (Å²) in [4.78, 5) is 24.1. The van der Waals surface area contributed by atoms with E-state index in [1.165, 1.54) is 18.1 Å². The minimum absolute atomic E-state index is 0.00203. The molecule has 4 heterocycles. The van der Waals surface area contributed by atoms with E-state index in [0.29, 0.717) is 22.2 Å². The number of aliphatic hydroxyl groups excluding tert-OH is 1. The standard InChI is InChI=1S/C20H20BN5O5PS/c21-32(28)29-8-13-16(31-32)15(27)19(30-13)26-18-14(17(22)23-9-24-18)25-20(26)33-12-6-5-10-3-1-2-4-11(10)7-12/h1-7,9-11,13,15-16,19,27-28H,8H2,(H2,22,23,24)/q+1/t10?,11-,13-,15?,16-,19-,32?/m1/s1. The van der Waals surface area contributed by atoms with Crippen molar-refractivity contribution in [3.63, 3.8) is 0 Å². The lowest BCUT2D eigenvalue weighted by atomic mass is 9.85. The fourth-order valence-electron chi connectivity index (χ4n) is 4.42. The molecule has 0 spiro atoms. The van der Waals surface area contributed by atoms with Gasteiger partial charge in [-0.1, -0.05) is 54.3 Å². The van der Waals surface area contributed by atoms with E-state index in [4.69, 9.17) is 27.1 Å². The molecule has 2 radical (unpaired) electrons. The Morgan fingerprint density at radius 2 is 2.03 bits per heavy atom. The van der Waals surface area contributed by atoms with Crippen LogP contribution >= 0.6 is 19.6 Å². The minimum Gasteiger partial charge on any atom is -0.385 e. The van der Waals surface area contributed by atoms with Gasteiger partial charge < -0.3 is 15.6 Å². The van der Waals surface area contributed by atoms with E-state index in [0.717, 1.165) is 4.91 Å². The molecule has 0 bridgehead atoms. The molecule has 10 nitrogen and oxygen atoms in total. The van der Waals surface area contributed by atoms with Crippen molar-refractivity contribution in [2.24, 2.45) is 11.8 Å². The van der Waals surface area contributed by atoms with Gasteiger partial charge in [0, 0.05) is 16.7 Å². The van der Waals surface area contributed by atoms with Crippen LogP contribution in [0, 0.1) is 11.8 Å². The van der Waals surface area contributed by atoms with Crippen molar-refractivity contribution >= 4 is 44.1 Å². The normalized spacial score (nSPS) is 37.2. The first-order valence-corrected chi connectivity index (χ1v) is 12.8. The van der Waals surface area contributed by atoms with Gasteiger partial charge in [0.25, 0.3) is 0 Å². The first kappa shape index (κ1) is 21.5. The van der Waals surface area contributed by atoms with Gasteiger partial charge in [0.2, 0.25) is 0 Å². The molecule has 2 fully saturated rings. The predicted octanol–water partition coefficient (Wildman–Crippen LogP) is 1.82. The van der Waals surface area contributed by atoms with Crippen molar-refractivity contribution in [3.05, 3.63) is 53.8 Å². The van der Waals surface area contributed by atoms with Crippen molar-refractivity contribution in [2.45, 2.75) is 29.7 Å². The molecular weight excluding hydrogens is 464 g/mol. The average molecular weight is 484 g/mol. The van der Waals surface area contributed by atoms with Crippen molar-refractivity contribution in [3.8, 4) is 0 Å². The van der Waals surface area contributed by atoms with Gasteiger partial charge in [-0.05, 0) is 0 Å². The molecule has 0 aromatic carbocycles. The Morgan fingerprint density at radius 3 is 2.88 bits per heavy atom. The third-order valence-corrected chi connectivity index (χ3v) is 8.05.